The van der Waals surface area contributed by atoms with Crippen molar-refractivity contribution in [2.75, 3.05) is 12.4 Å². The molecule has 3 aromatic rings. The van der Waals surface area contributed by atoms with Gasteiger partial charge in [-0.25, -0.2) is 4.79 Å². The van der Waals surface area contributed by atoms with E-state index >= 15 is 0 Å². The van der Waals surface area contributed by atoms with Crippen molar-refractivity contribution >= 4 is 39.8 Å². The highest BCUT2D eigenvalue weighted by atomic mass is 35.5. The Morgan fingerprint density at radius 3 is 2.79 bits per heavy atom. The Bertz CT molecular complexity index is 1030. The number of nitrogens with one attached hydrogen (secondary N) is 1. The highest BCUT2D eigenvalue weighted by Crippen LogP contribution is 2.29. The van der Waals surface area contributed by atoms with Gasteiger partial charge in [0.15, 0.2) is 5.69 Å². The molecule has 0 spiro atoms. The van der Waals surface area contributed by atoms with Crippen LogP contribution in [0.3, 0.4) is 0 Å². The normalized spacial score (nSPS) is 10.6. The summed E-state index contributed by atoms with van der Waals surface area (Å²) in [6, 6.07) is 8.58. The second kappa shape index (κ2) is 8.45. The second-order valence-electron chi connectivity index (χ2n) is 5.86. The molecular weight excluding hydrogens is 404 g/mol. The molecule has 7 nitrogen and oxygen atoms in total. The van der Waals surface area contributed by atoms with Crippen LogP contribution in [-0.2, 0) is 11.3 Å². The topological polar surface area (TPSA) is 90.7 Å². The molecule has 0 fully saturated rings. The Labute approximate surface area is 170 Å². The number of rotatable bonds is 6. The van der Waals surface area contributed by atoms with Gasteiger partial charge in [0.2, 0.25) is 0 Å². The number of esters is 1. The minimum Gasteiger partial charge on any atom is -0.489 e. The van der Waals surface area contributed by atoms with Crippen LogP contribution in [0.2, 0.25) is 5.02 Å². The summed E-state index contributed by atoms with van der Waals surface area (Å²) in [7, 11) is 1.28. The summed E-state index contributed by atoms with van der Waals surface area (Å²) in [5.74, 6) is -0.0157. The van der Waals surface area contributed by atoms with Crippen molar-refractivity contribution in [2.45, 2.75) is 20.5 Å². The van der Waals surface area contributed by atoms with Gasteiger partial charge < -0.3 is 19.3 Å². The molecule has 0 unspecified atom stereocenters. The van der Waals surface area contributed by atoms with E-state index in [1.165, 1.54) is 18.4 Å². The number of halogens is 1. The van der Waals surface area contributed by atoms with Gasteiger partial charge in [0.25, 0.3) is 5.91 Å². The zero-order chi connectivity index (χ0) is 20.3. The molecule has 28 heavy (non-hydrogen) atoms. The van der Waals surface area contributed by atoms with E-state index in [1.807, 2.05) is 6.92 Å². The first-order valence-electron chi connectivity index (χ1n) is 8.22. The average Bonchev–Trinajstić information content (AvgIpc) is 3.21. The summed E-state index contributed by atoms with van der Waals surface area (Å²) >= 11 is 7.22. The molecule has 9 heteroatoms. The van der Waals surface area contributed by atoms with E-state index in [0.717, 1.165) is 4.88 Å². The summed E-state index contributed by atoms with van der Waals surface area (Å²) in [5, 5.41) is 7.47. The van der Waals surface area contributed by atoms with Crippen LogP contribution in [0.5, 0.6) is 5.75 Å². The maximum Gasteiger partial charge on any atom is 0.340 e. The van der Waals surface area contributed by atoms with Gasteiger partial charge in [0.1, 0.15) is 23.1 Å². The fourth-order valence-electron chi connectivity index (χ4n) is 2.48. The number of amides is 1. The van der Waals surface area contributed by atoms with Gasteiger partial charge in [-0.05, 0) is 38.1 Å². The minimum atomic E-state index is -0.527. The SMILES string of the molecule is COC(=O)c1cc(C)sc1NC(=O)c1noc(C)c1COc1cccc(Cl)c1. The number of methoxy groups -OCH3 is 1. The van der Waals surface area contributed by atoms with E-state index in [9.17, 15) is 9.59 Å². The number of carbonyl (C=O) groups excluding carboxylic acids is 2. The van der Waals surface area contributed by atoms with Gasteiger partial charge in [0, 0.05) is 9.90 Å². The van der Waals surface area contributed by atoms with Crippen molar-refractivity contribution in [3.63, 3.8) is 0 Å². The van der Waals surface area contributed by atoms with Crippen LogP contribution < -0.4 is 10.1 Å². The Balaban J connectivity index is 1.79. The first-order chi connectivity index (χ1) is 13.4. The molecule has 2 heterocycles. The molecular formula is C19H17ClN2O5S. The number of nitrogens with zero attached hydrogens (tertiary/aromatic N) is 1. The number of aryl methyl sites for hydroxylation is 2. The zero-order valence-corrected chi connectivity index (χ0v) is 16.9. The number of thiophene rings is 1. The van der Waals surface area contributed by atoms with E-state index in [-0.39, 0.29) is 17.9 Å². The van der Waals surface area contributed by atoms with E-state index < -0.39 is 11.9 Å². The lowest BCUT2D eigenvalue weighted by molar-refractivity contribution is 0.0602. The number of hydrogen-bond acceptors (Lipinski definition) is 7. The molecule has 1 amide bonds. The maximum atomic E-state index is 12.7. The van der Waals surface area contributed by atoms with Crippen molar-refractivity contribution in [1.82, 2.24) is 5.16 Å². The second-order valence-corrected chi connectivity index (χ2v) is 7.55. The van der Waals surface area contributed by atoms with Crippen LogP contribution in [0.15, 0.2) is 34.9 Å². The summed E-state index contributed by atoms with van der Waals surface area (Å²) in [4.78, 5) is 25.5. The average molecular weight is 421 g/mol. The van der Waals surface area contributed by atoms with Gasteiger partial charge in [0.05, 0.1) is 18.2 Å². The van der Waals surface area contributed by atoms with Crippen LogP contribution in [0.4, 0.5) is 5.00 Å². The van der Waals surface area contributed by atoms with Crippen LogP contribution in [0, 0.1) is 13.8 Å². The fraction of sp³-hybridized carbons (Fsp3) is 0.211. The number of hydrogen-bond donors (Lipinski definition) is 1. The third-order valence-electron chi connectivity index (χ3n) is 3.87. The predicted molar refractivity (Wildman–Crippen MR) is 105 cm³/mol. The lowest BCUT2D eigenvalue weighted by Crippen LogP contribution is -2.16. The molecule has 0 bridgehead atoms. The molecule has 0 aliphatic carbocycles. The molecule has 1 aromatic carbocycles. The number of benzene rings is 1. The predicted octanol–water partition coefficient (Wildman–Crippen LogP) is 4.62. The monoisotopic (exact) mass is 420 g/mol. The van der Waals surface area contributed by atoms with Crippen LogP contribution in [0.1, 0.15) is 37.0 Å². The van der Waals surface area contributed by atoms with Crippen molar-refractivity contribution < 1.29 is 23.6 Å². The summed E-state index contributed by atoms with van der Waals surface area (Å²) in [5.41, 5.74) is 0.877. The molecule has 0 saturated carbocycles. The molecule has 1 N–H and O–H groups in total. The third kappa shape index (κ3) is 4.35. The lowest BCUT2D eigenvalue weighted by Gasteiger charge is -2.08. The summed E-state index contributed by atoms with van der Waals surface area (Å²) in [6.07, 6.45) is 0. The van der Waals surface area contributed by atoms with Gasteiger partial charge >= 0.3 is 5.97 Å². The number of aromatic nitrogens is 1. The molecule has 146 valence electrons. The Kier molecular flexibility index (Phi) is 6.01. The van der Waals surface area contributed by atoms with Gasteiger partial charge in [-0.2, -0.15) is 0 Å². The van der Waals surface area contributed by atoms with Crippen molar-refractivity contribution in [2.24, 2.45) is 0 Å². The molecule has 3 rings (SSSR count). The van der Waals surface area contributed by atoms with Gasteiger partial charge in [-0.1, -0.05) is 22.8 Å². The number of carbonyl (C=O) groups is 2. The largest absolute Gasteiger partial charge is 0.489 e. The van der Waals surface area contributed by atoms with Crippen LogP contribution >= 0.6 is 22.9 Å². The highest BCUT2D eigenvalue weighted by Gasteiger charge is 2.24. The van der Waals surface area contributed by atoms with Gasteiger partial charge in [-0.3, -0.25) is 4.79 Å². The maximum absolute atomic E-state index is 12.7. The summed E-state index contributed by atoms with van der Waals surface area (Å²) < 4.78 is 15.6. The van der Waals surface area contributed by atoms with Crippen LogP contribution in [0.25, 0.3) is 0 Å². The zero-order valence-electron chi connectivity index (χ0n) is 15.4. The number of ether oxygens (including phenoxy) is 2. The smallest absolute Gasteiger partial charge is 0.340 e. The quantitative estimate of drug-likeness (QED) is 0.585. The van der Waals surface area contributed by atoms with E-state index in [2.05, 4.69) is 10.5 Å². The Hall–Kier alpha value is -2.84. The van der Waals surface area contributed by atoms with E-state index in [1.54, 1.807) is 37.3 Å². The lowest BCUT2D eigenvalue weighted by atomic mass is 10.2. The third-order valence-corrected chi connectivity index (χ3v) is 5.07. The molecule has 0 saturated heterocycles. The van der Waals surface area contributed by atoms with Crippen LogP contribution in [-0.4, -0.2) is 24.1 Å². The van der Waals surface area contributed by atoms with E-state index in [4.69, 9.17) is 25.6 Å². The van der Waals surface area contributed by atoms with Crippen molar-refractivity contribution in [1.29, 1.82) is 0 Å². The van der Waals surface area contributed by atoms with Crippen molar-refractivity contribution in [3.8, 4) is 5.75 Å². The highest BCUT2D eigenvalue weighted by molar-refractivity contribution is 7.16. The Morgan fingerprint density at radius 1 is 1.29 bits per heavy atom. The first kappa shape index (κ1) is 19.9. The number of anilines is 1. The molecule has 0 atom stereocenters. The van der Waals surface area contributed by atoms with Gasteiger partial charge in [-0.15, -0.1) is 11.3 Å². The molecule has 0 radical (unpaired) electrons. The summed E-state index contributed by atoms with van der Waals surface area (Å²) in [6.45, 7) is 3.60. The molecule has 0 aliphatic rings. The standard InChI is InChI=1S/C19H17ClN2O5S/c1-10-7-14(19(24)25-3)18(28-10)21-17(23)16-15(11(2)27-22-16)9-26-13-6-4-5-12(20)8-13/h4-8H,9H2,1-3H3,(H,21,23). The van der Waals surface area contributed by atoms with E-state index in [0.29, 0.717) is 27.1 Å². The first-order valence-corrected chi connectivity index (χ1v) is 9.42. The molecule has 0 aliphatic heterocycles. The minimum absolute atomic E-state index is 0.0752. The van der Waals surface area contributed by atoms with Crippen molar-refractivity contribution in [3.05, 3.63) is 62.8 Å². The molecule has 2 aromatic heterocycles. The fourth-order valence-corrected chi connectivity index (χ4v) is 3.56. The Morgan fingerprint density at radius 2 is 2.07 bits per heavy atom.